The number of Topliss-reactive ketones (excluding diaryl/α,β-unsaturated/α-hetero) is 2. The molecule has 1 aliphatic heterocycles. The molecule has 1 amide bonds. The number of nitrogens with zero attached hydrogens (tertiary/aromatic N) is 3. The molecule has 0 saturated heterocycles. The molecule has 0 saturated carbocycles. The fraction of sp³-hybridized carbons (Fsp3) is 0.260. The van der Waals surface area contributed by atoms with Gasteiger partial charge in [0.15, 0.2) is 11.6 Å². The Balaban J connectivity index is 0.000000179. The van der Waals surface area contributed by atoms with Gasteiger partial charge in [-0.05, 0) is 134 Å². The Morgan fingerprint density at radius 1 is 0.596 bits per heavy atom. The van der Waals surface area contributed by atoms with Crippen LogP contribution in [-0.4, -0.2) is 39.8 Å². The summed E-state index contributed by atoms with van der Waals surface area (Å²) in [7, 11) is 0. The largest absolute Gasteiger partial charge is 0.443 e. The van der Waals surface area contributed by atoms with Gasteiger partial charge in [0.1, 0.15) is 5.60 Å². The molecule has 1 aliphatic carbocycles. The molecule has 2 aromatic heterocycles. The summed E-state index contributed by atoms with van der Waals surface area (Å²) in [5.74, 6) is 0.312. The number of aryl methyl sites for hydroxylation is 4. The summed E-state index contributed by atoms with van der Waals surface area (Å²) < 4.78 is 5.53. The first-order chi connectivity index (χ1) is 27.6. The van der Waals surface area contributed by atoms with Gasteiger partial charge in [0, 0.05) is 55.3 Å². The Bertz CT molecular complexity index is 2330. The fourth-order valence-electron chi connectivity index (χ4n) is 7.43. The molecule has 0 fully saturated rings. The van der Waals surface area contributed by atoms with Crippen molar-refractivity contribution in [3.8, 4) is 22.3 Å². The van der Waals surface area contributed by atoms with Gasteiger partial charge in [-0.2, -0.15) is 0 Å². The normalized spacial score (nSPS) is 12.9. The molecule has 3 heterocycles. The highest BCUT2D eigenvalue weighted by Crippen LogP contribution is 2.34. The van der Waals surface area contributed by atoms with Crippen LogP contribution in [0.4, 0.5) is 10.5 Å². The Morgan fingerprint density at radius 3 is 1.63 bits per heavy atom. The number of ketones is 2. The average molecular weight is 756 g/mol. The van der Waals surface area contributed by atoms with E-state index >= 15 is 0 Å². The van der Waals surface area contributed by atoms with E-state index in [0.717, 1.165) is 57.5 Å². The van der Waals surface area contributed by atoms with Crippen molar-refractivity contribution < 1.29 is 19.1 Å². The minimum atomic E-state index is -0.517. The van der Waals surface area contributed by atoms with E-state index in [-0.39, 0.29) is 17.7 Å². The lowest BCUT2D eigenvalue weighted by Gasteiger charge is -2.24. The Hall–Kier alpha value is -6.21. The van der Waals surface area contributed by atoms with Crippen molar-refractivity contribution in [2.75, 3.05) is 11.4 Å². The lowest BCUT2D eigenvalue weighted by Crippen LogP contribution is -2.35. The lowest BCUT2D eigenvalue weighted by molar-refractivity contribution is 0.0583. The van der Waals surface area contributed by atoms with E-state index in [1.165, 1.54) is 41.5 Å². The highest BCUT2D eigenvalue weighted by molar-refractivity contribution is 5.97. The van der Waals surface area contributed by atoms with Gasteiger partial charge in [-0.15, -0.1) is 0 Å². The molecular formula is C50H49N3O4. The van der Waals surface area contributed by atoms with Crippen LogP contribution < -0.4 is 4.90 Å². The molecule has 0 atom stereocenters. The van der Waals surface area contributed by atoms with Crippen molar-refractivity contribution in [2.45, 2.75) is 77.7 Å². The Morgan fingerprint density at radius 2 is 1.11 bits per heavy atom. The molecule has 0 bridgehead atoms. The minimum Gasteiger partial charge on any atom is -0.443 e. The summed E-state index contributed by atoms with van der Waals surface area (Å²) in [4.78, 5) is 47.3. The predicted molar refractivity (Wildman–Crippen MR) is 227 cm³/mol. The monoisotopic (exact) mass is 755 g/mol. The zero-order valence-electron chi connectivity index (χ0n) is 33.0. The van der Waals surface area contributed by atoms with Gasteiger partial charge in [-0.1, -0.05) is 84.9 Å². The van der Waals surface area contributed by atoms with Crippen LogP contribution in [0, 0.1) is 0 Å². The molecular weight excluding hydrogens is 707 g/mol. The zero-order valence-corrected chi connectivity index (χ0v) is 33.0. The molecule has 0 spiro atoms. The number of benzene rings is 4. The maximum Gasteiger partial charge on any atom is 0.414 e. The van der Waals surface area contributed by atoms with Crippen LogP contribution in [0.3, 0.4) is 0 Å². The number of carbonyl (C=O) groups excluding carboxylic acids is 3. The van der Waals surface area contributed by atoms with Crippen molar-refractivity contribution in [2.24, 2.45) is 0 Å². The topological polar surface area (TPSA) is 89.5 Å². The van der Waals surface area contributed by atoms with Crippen molar-refractivity contribution in [1.82, 2.24) is 9.97 Å². The number of hydrogen-bond acceptors (Lipinski definition) is 6. The molecule has 0 N–H and O–H groups in total. The van der Waals surface area contributed by atoms with Gasteiger partial charge in [-0.25, -0.2) is 4.79 Å². The van der Waals surface area contributed by atoms with Crippen LogP contribution in [0.2, 0.25) is 0 Å². The van der Waals surface area contributed by atoms with Crippen LogP contribution >= 0.6 is 0 Å². The fourth-order valence-corrected chi connectivity index (χ4v) is 7.43. The third-order valence-corrected chi connectivity index (χ3v) is 10.5. The first kappa shape index (κ1) is 39.0. The average Bonchev–Trinajstić information content (AvgIpc) is 3.89. The molecule has 7 nitrogen and oxygen atoms in total. The van der Waals surface area contributed by atoms with Gasteiger partial charge < -0.3 is 4.74 Å². The van der Waals surface area contributed by atoms with E-state index in [4.69, 9.17) is 4.74 Å². The molecule has 8 rings (SSSR count). The first-order valence-electron chi connectivity index (χ1n) is 19.9. The van der Waals surface area contributed by atoms with Gasteiger partial charge in [-0.3, -0.25) is 24.5 Å². The van der Waals surface area contributed by atoms with Gasteiger partial charge >= 0.3 is 6.09 Å². The second kappa shape index (κ2) is 17.7. The third-order valence-electron chi connectivity index (χ3n) is 10.5. The number of pyridine rings is 2. The Kier molecular flexibility index (Phi) is 12.1. The highest BCUT2D eigenvalue weighted by atomic mass is 16.6. The zero-order chi connectivity index (χ0) is 39.8. The van der Waals surface area contributed by atoms with Gasteiger partial charge in [0.2, 0.25) is 0 Å². The standard InChI is InChI=1S/C27H28N2O3.C23H21NO/c1-27(2,3)32-26(31)29-16-14-23-17-22(11-12-24(23)29)20-7-9-21(10-8-20)25(30)13-6-19-5-4-15-28-18-19;25-23(13-6-17-3-2-14-24-16-17)20-10-7-19(8-11-20)22-12-9-18-4-1-5-21(18)15-22/h4-5,7-12,15,17-18H,6,13-14,16H2,1-3H3;2-3,7-12,14-16H,1,4-6,13H2. The third kappa shape index (κ3) is 10.2. The predicted octanol–water partition coefficient (Wildman–Crippen LogP) is 10.9. The minimum absolute atomic E-state index is 0.127. The number of fused-ring (bicyclic) bond motifs is 2. The summed E-state index contributed by atoms with van der Waals surface area (Å²) in [6, 6.07) is 36.5. The molecule has 0 unspecified atom stereocenters. The quantitative estimate of drug-likeness (QED) is 0.129. The number of ether oxygens (including phenoxy) is 1. The van der Waals surface area contributed by atoms with Crippen molar-refractivity contribution in [3.05, 3.63) is 173 Å². The van der Waals surface area contributed by atoms with Crippen LogP contribution in [0.25, 0.3) is 22.3 Å². The van der Waals surface area contributed by atoms with E-state index in [2.05, 4.69) is 46.4 Å². The number of anilines is 1. The molecule has 6 aromatic rings. The van der Waals surface area contributed by atoms with Crippen LogP contribution in [-0.2, 0) is 36.8 Å². The smallest absolute Gasteiger partial charge is 0.414 e. The number of amides is 1. The number of hydrogen-bond donors (Lipinski definition) is 0. The van der Waals surface area contributed by atoms with E-state index in [9.17, 15) is 14.4 Å². The maximum absolute atomic E-state index is 12.5. The number of rotatable bonds is 10. The molecule has 7 heteroatoms. The van der Waals surface area contributed by atoms with Crippen LogP contribution in [0.15, 0.2) is 134 Å². The van der Waals surface area contributed by atoms with E-state index < -0.39 is 5.60 Å². The molecule has 0 radical (unpaired) electrons. The maximum atomic E-state index is 12.5. The molecule has 4 aromatic carbocycles. The van der Waals surface area contributed by atoms with E-state index in [1.54, 1.807) is 23.5 Å². The summed E-state index contributed by atoms with van der Waals surface area (Å²) in [5, 5.41) is 0. The molecule has 57 heavy (non-hydrogen) atoms. The summed E-state index contributed by atoms with van der Waals surface area (Å²) in [5.41, 5.74) is 12.7. The highest BCUT2D eigenvalue weighted by Gasteiger charge is 2.29. The molecule has 2 aliphatic rings. The SMILES string of the molecule is CC(C)(C)OC(=O)N1CCc2cc(-c3ccc(C(=O)CCc4cccnc4)cc3)ccc21.O=C(CCc1cccnc1)c1ccc(-c2ccc3c(c2)CCC3)cc1. The van der Waals surface area contributed by atoms with E-state index in [1.807, 2.05) is 99.8 Å². The summed E-state index contributed by atoms with van der Waals surface area (Å²) >= 11 is 0. The second-order valence-corrected chi connectivity index (χ2v) is 15.8. The van der Waals surface area contributed by atoms with Gasteiger partial charge in [0.25, 0.3) is 0 Å². The Labute approximate surface area is 335 Å². The van der Waals surface area contributed by atoms with Crippen molar-refractivity contribution in [3.63, 3.8) is 0 Å². The summed E-state index contributed by atoms with van der Waals surface area (Å²) in [6.45, 7) is 6.24. The van der Waals surface area contributed by atoms with Crippen molar-refractivity contribution in [1.29, 1.82) is 0 Å². The second-order valence-electron chi connectivity index (χ2n) is 15.8. The van der Waals surface area contributed by atoms with Crippen LogP contribution in [0.1, 0.15) is 88.6 Å². The lowest BCUT2D eigenvalue weighted by atomic mass is 9.98. The van der Waals surface area contributed by atoms with Gasteiger partial charge in [0.05, 0.1) is 5.69 Å². The van der Waals surface area contributed by atoms with Crippen molar-refractivity contribution >= 4 is 23.3 Å². The summed E-state index contributed by atoms with van der Waals surface area (Å²) in [6.07, 6.45) is 13.7. The molecule has 288 valence electrons. The van der Waals surface area contributed by atoms with Crippen LogP contribution in [0.5, 0.6) is 0 Å². The number of carbonyl (C=O) groups is 3. The first-order valence-corrected chi connectivity index (χ1v) is 19.9. The van der Waals surface area contributed by atoms with E-state index in [0.29, 0.717) is 25.8 Å². The number of aromatic nitrogens is 2.